The molecule has 0 atom stereocenters. The number of hydrogen-bond donors (Lipinski definition) is 1. The number of hydrogen-bond acceptors (Lipinski definition) is 3. The first kappa shape index (κ1) is 16.3. The largest absolute Gasteiger partial charge is 0.497 e. The van der Waals surface area contributed by atoms with Crippen molar-refractivity contribution < 1.29 is 14.3 Å². The van der Waals surface area contributed by atoms with Crippen molar-refractivity contribution >= 4 is 11.7 Å². The SMILES string of the molecule is COc1ccc(C(=O)NCC#Cc2ccc(C(C)=O)cc2)cc1. The lowest BCUT2D eigenvalue weighted by molar-refractivity contribution is 0.0957. The number of carbonyl (C=O) groups is 2. The highest BCUT2D eigenvalue weighted by Crippen LogP contribution is 2.10. The molecule has 0 aliphatic rings. The van der Waals surface area contributed by atoms with Crippen molar-refractivity contribution in [3.05, 3.63) is 65.2 Å². The van der Waals surface area contributed by atoms with Gasteiger partial charge in [0.1, 0.15) is 5.75 Å². The van der Waals surface area contributed by atoms with E-state index in [1.54, 1.807) is 55.6 Å². The summed E-state index contributed by atoms with van der Waals surface area (Å²) in [6, 6.07) is 13.9. The molecule has 2 rings (SSSR count). The highest BCUT2D eigenvalue weighted by Gasteiger charge is 2.03. The lowest BCUT2D eigenvalue weighted by Crippen LogP contribution is -2.23. The van der Waals surface area contributed by atoms with Crippen LogP contribution in [0.15, 0.2) is 48.5 Å². The first-order chi connectivity index (χ1) is 11.1. The molecule has 0 heterocycles. The van der Waals surface area contributed by atoms with Crippen molar-refractivity contribution in [2.45, 2.75) is 6.92 Å². The molecule has 4 heteroatoms. The number of carbonyl (C=O) groups excluding carboxylic acids is 2. The van der Waals surface area contributed by atoms with Crippen molar-refractivity contribution in [3.63, 3.8) is 0 Å². The molecule has 0 spiro atoms. The van der Waals surface area contributed by atoms with E-state index in [9.17, 15) is 9.59 Å². The van der Waals surface area contributed by atoms with E-state index in [2.05, 4.69) is 17.2 Å². The number of ketones is 1. The molecule has 0 saturated heterocycles. The monoisotopic (exact) mass is 307 g/mol. The second-order valence-electron chi connectivity index (χ2n) is 4.85. The molecular weight excluding hydrogens is 290 g/mol. The molecule has 0 aliphatic heterocycles. The van der Waals surface area contributed by atoms with Gasteiger partial charge in [0.05, 0.1) is 13.7 Å². The van der Waals surface area contributed by atoms with Gasteiger partial charge in [-0.05, 0) is 43.3 Å². The summed E-state index contributed by atoms with van der Waals surface area (Å²) in [5.74, 6) is 6.36. The van der Waals surface area contributed by atoms with Crippen LogP contribution in [-0.2, 0) is 0 Å². The first-order valence-corrected chi connectivity index (χ1v) is 7.12. The highest BCUT2D eigenvalue weighted by atomic mass is 16.5. The van der Waals surface area contributed by atoms with Crippen LogP contribution in [0.4, 0.5) is 0 Å². The van der Waals surface area contributed by atoms with Gasteiger partial charge in [-0.15, -0.1) is 0 Å². The van der Waals surface area contributed by atoms with Crippen LogP contribution in [0.1, 0.15) is 33.2 Å². The summed E-state index contributed by atoms with van der Waals surface area (Å²) in [5, 5.41) is 2.73. The second-order valence-corrected chi connectivity index (χ2v) is 4.85. The zero-order chi connectivity index (χ0) is 16.7. The van der Waals surface area contributed by atoms with E-state index in [-0.39, 0.29) is 18.2 Å². The number of ether oxygens (including phenoxy) is 1. The smallest absolute Gasteiger partial charge is 0.252 e. The van der Waals surface area contributed by atoms with Crippen LogP contribution in [-0.4, -0.2) is 25.3 Å². The Balaban J connectivity index is 1.89. The Hall–Kier alpha value is -3.06. The fraction of sp³-hybridized carbons (Fsp3) is 0.158. The molecule has 2 aromatic carbocycles. The van der Waals surface area contributed by atoms with Crippen molar-refractivity contribution in [3.8, 4) is 17.6 Å². The molecule has 0 aromatic heterocycles. The lowest BCUT2D eigenvalue weighted by atomic mass is 10.1. The maximum absolute atomic E-state index is 11.9. The van der Waals surface area contributed by atoms with Gasteiger partial charge in [-0.3, -0.25) is 9.59 Å². The summed E-state index contributed by atoms with van der Waals surface area (Å²) in [6.07, 6.45) is 0. The quantitative estimate of drug-likeness (QED) is 0.698. The molecule has 0 bridgehead atoms. The van der Waals surface area contributed by atoms with E-state index in [1.165, 1.54) is 6.92 Å². The number of benzene rings is 2. The van der Waals surface area contributed by atoms with E-state index in [4.69, 9.17) is 4.74 Å². The maximum Gasteiger partial charge on any atom is 0.252 e. The Bertz CT molecular complexity index is 750. The van der Waals surface area contributed by atoms with Crippen LogP contribution in [0.25, 0.3) is 0 Å². The van der Waals surface area contributed by atoms with E-state index < -0.39 is 0 Å². The van der Waals surface area contributed by atoms with Gasteiger partial charge in [-0.2, -0.15) is 0 Å². The van der Waals surface area contributed by atoms with Crippen molar-refractivity contribution in [1.29, 1.82) is 0 Å². The standard InChI is InChI=1S/C19H17NO3/c1-14(21)16-7-5-15(6-8-16)4-3-13-20-19(22)17-9-11-18(23-2)12-10-17/h5-12H,13H2,1-2H3,(H,20,22). The van der Waals surface area contributed by atoms with Crippen molar-refractivity contribution in [2.75, 3.05) is 13.7 Å². The van der Waals surface area contributed by atoms with Crippen LogP contribution in [0.3, 0.4) is 0 Å². The van der Waals surface area contributed by atoms with E-state index >= 15 is 0 Å². The van der Waals surface area contributed by atoms with Gasteiger partial charge in [0.15, 0.2) is 5.78 Å². The molecule has 116 valence electrons. The number of nitrogens with one attached hydrogen (secondary N) is 1. The predicted octanol–water partition coefficient (Wildman–Crippen LogP) is 2.68. The average Bonchev–Trinajstić information content (AvgIpc) is 2.59. The molecule has 0 saturated carbocycles. The fourth-order valence-corrected chi connectivity index (χ4v) is 1.90. The van der Waals surface area contributed by atoms with Gasteiger partial charge in [-0.25, -0.2) is 0 Å². The number of methoxy groups -OCH3 is 1. The molecule has 4 nitrogen and oxygen atoms in total. The summed E-state index contributed by atoms with van der Waals surface area (Å²) in [7, 11) is 1.58. The Morgan fingerprint density at radius 1 is 1.00 bits per heavy atom. The normalized spacial score (nSPS) is 9.48. The molecule has 23 heavy (non-hydrogen) atoms. The van der Waals surface area contributed by atoms with E-state index in [0.717, 1.165) is 5.56 Å². The van der Waals surface area contributed by atoms with Gasteiger partial charge >= 0.3 is 0 Å². The minimum atomic E-state index is -0.186. The lowest BCUT2D eigenvalue weighted by Gasteiger charge is -2.03. The van der Waals surface area contributed by atoms with Crippen LogP contribution < -0.4 is 10.1 Å². The third-order valence-electron chi connectivity index (χ3n) is 3.21. The van der Waals surface area contributed by atoms with Gasteiger partial charge in [0, 0.05) is 16.7 Å². The second kappa shape index (κ2) is 7.81. The maximum atomic E-state index is 11.9. The molecule has 1 amide bonds. The number of Topliss-reactive ketones (excluding diaryl/α,β-unsaturated/α-hetero) is 1. The third-order valence-corrected chi connectivity index (χ3v) is 3.21. The summed E-state index contributed by atoms with van der Waals surface area (Å²) < 4.78 is 5.04. The molecule has 2 aromatic rings. The van der Waals surface area contributed by atoms with Crippen molar-refractivity contribution in [2.24, 2.45) is 0 Å². The van der Waals surface area contributed by atoms with E-state index in [0.29, 0.717) is 16.9 Å². The summed E-state index contributed by atoms with van der Waals surface area (Å²) >= 11 is 0. The Morgan fingerprint density at radius 3 is 2.17 bits per heavy atom. The summed E-state index contributed by atoms with van der Waals surface area (Å²) in [6.45, 7) is 1.77. The summed E-state index contributed by atoms with van der Waals surface area (Å²) in [4.78, 5) is 23.1. The molecule has 1 N–H and O–H groups in total. The van der Waals surface area contributed by atoms with Crippen LogP contribution in [0, 0.1) is 11.8 Å². The summed E-state index contributed by atoms with van der Waals surface area (Å²) in [5.41, 5.74) is 2.01. The number of amides is 1. The minimum Gasteiger partial charge on any atom is -0.497 e. The van der Waals surface area contributed by atoms with Gasteiger partial charge < -0.3 is 10.1 Å². The fourth-order valence-electron chi connectivity index (χ4n) is 1.90. The molecule has 0 aliphatic carbocycles. The zero-order valence-corrected chi connectivity index (χ0v) is 13.1. The topological polar surface area (TPSA) is 55.4 Å². The van der Waals surface area contributed by atoms with Crippen molar-refractivity contribution in [1.82, 2.24) is 5.32 Å². The van der Waals surface area contributed by atoms with Gasteiger partial charge in [-0.1, -0.05) is 24.0 Å². The molecule has 0 unspecified atom stereocenters. The minimum absolute atomic E-state index is 0.0243. The van der Waals surface area contributed by atoms with Gasteiger partial charge in [0.2, 0.25) is 0 Å². The Labute approximate surface area is 135 Å². The average molecular weight is 307 g/mol. The Kier molecular flexibility index (Phi) is 5.54. The van der Waals surface area contributed by atoms with Crippen LogP contribution >= 0.6 is 0 Å². The zero-order valence-electron chi connectivity index (χ0n) is 13.1. The van der Waals surface area contributed by atoms with Crippen LogP contribution in [0.2, 0.25) is 0 Å². The molecule has 0 radical (unpaired) electrons. The van der Waals surface area contributed by atoms with E-state index in [1.807, 2.05) is 0 Å². The highest BCUT2D eigenvalue weighted by molar-refractivity contribution is 5.94. The third kappa shape index (κ3) is 4.72. The first-order valence-electron chi connectivity index (χ1n) is 7.12. The van der Waals surface area contributed by atoms with Gasteiger partial charge in [0.25, 0.3) is 5.91 Å². The molecule has 0 fully saturated rings. The van der Waals surface area contributed by atoms with Crippen LogP contribution in [0.5, 0.6) is 5.75 Å². The Morgan fingerprint density at radius 2 is 1.61 bits per heavy atom. The molecular formula is C19H17NO3. The predicted molar refractivity (Wildman–Crippen MR) is 88.7 cm³/mol. The number of rotatable bonds is 4.